The number of hydrogen-bond acceptors (Lipinski definition) is 3. The summed E-state index contributed by atoms with van der Waals surface area (Å²) in [6.07, 6.45) is 2.36. The molecule has 1 aliphatic rings. The number of hydrogen-bond donors (Lipinski definition) is 1. The number of rotatable bonds is 5. The quantitative estimate of drug-likeness (QED) is 0.910. The van der Waals surface area contributed by atoms with E-state index in [1.807, 2.05) is 24.3 Å². The monoisotopic (exact) mass is 310 g/mol. The van der Waals surface area contributed by atoms with Gasteiger partial charge in [0.15, 0.2) is 0 Å². The molecule has 0 atom stereocenters. The van der Waals surface area contributed by atoms with E-state index in [2.05, 4.69) is 30.4 Å². The maximum absolute atomic E-state index is 12.1. The Morgan fingerprint density at radius 1 is 1.10 bits per heavy atom. The molecule has 1 N–H and O–H groups in total. The van der Waals surface area contributed by atoms with Crippen molar-refractivity contribution in [3.05, 3.63) is 29.8 Å². The smallest absolute Gasteiger partial charge is 0.233 e. The van der Waals surface area contributed by atoms with Gasteiger partial charge in [-0.15, -0.1) is 0 Å². The van der Waals surface area contributed by atoms with Gasteiger partial charge in [-0.25, -0.2) is 8.42 Å². The van der Waals surface area contributed by atoms with Crippen molar-refractivity contribution in [2.45, 2.75) is 39.0 Å². The standard InChI is InChI=1S/C16H26N2O2S/c1-16(2,3)14-6-8-15(9-7-14)17-21(19,20)13-12-18-10-4-5-11-18/h6-9,17H,4-5,10-13H2,1-3H3. The van der Waals surface area contributed by atoms with Crippen LogP contribution in [-0.4, -0.2) is 38.7 Å². The summed E-state index contributed by atoms with van der Waals surface area (Å²) in [5.41, 5.74) is 1.92. The molecule has 118 valence electrons. The van der Waals surface area contributed by atoms with Gasteiger partial charge in [-0.1, -0.05) is 32.9 Å². The Morgan fingerprint density at radius 2 is 1.67 bits per heavy atom. The third-order valence-electron chi connectivity index (χ3n) is 3.90. The predicted molar refractivity (Wildman–Crippen MR) is 88.2 cm³/mol. The highest BCUT2D eigenvalue weighted by Gasteiger charge is 2.17. The second-order valence-corrected chi connectivity index (χ2v) is 8.64. The van der Waals surface area contributed by atoms with E-state index in [0.29, 0.717) is 12.2 Å². The summed E-state index contributed by atoms with van der Waals surface area (Å²) < 4.78 is 26.9. The molecule has 0 unspecified atom stereocenters. The Kier molecular flexibility index (Phi) is 4.94. The zero-order valence-corrected chi connectivity index (χ0v) is 14.0. The van der Waals surface area contributed by atoms with Crippen molar-refractivity contribution < 1.29 is 8.42 Å². The normalized spacial score (nSPS) is 17.1. The minimum atomic E-state index is -3.26. The molecule has 4 nitrogen and oxygen atoms in total. The SMILES string of the molecule is CC(C)(C)c1ccc(NS(=O)(=O)CCN2CCCC2)cc1. The predicted octanol–water partition coefficient (Wildman–Crippen LogP) is 2.82. The van der Waals surface area contributed by atoms with Crippen molar-refractivity contribution >= 4 is 15.7 Å². The molecule has 0 bridgehead atoms. The molecular weight excluding hydrogens is 284 g/mol. The summed E-state index contributed by atoms with van der Waals surface area (Å²) in [4.78, 5) is 2.21. The average molecular weight is 310 g/mol. The number of benzene rings is 1. The maximum Gasteiger partial charge on any atom is 0.233 e. The van der Waals surface area contributed by atoms with Gasteiger partial charge in [0, 0.05) is 12.2 Å². The summed E-state index contributed by atoms with van der Waals surface area (Å²) in [7, 11) is -3.26. The molecule has 0 saturated carbocycles. The van der Waals surface area contributed by atoms with Crippen LogP contribution < -0.4 is 4.72 Å². The van der Waals surface area contributed by atoms with Gasteiger partial charge in [-0.2, -0.15) is 0 Å². The first kappa shape index (κ1) is 16.3. The van der Waals surface area contributed by atoms with E-state index in [4.69, 9.17) is 0 Å². The van der Waals surface area contributed by atoms with Gasteiger partial charge in [0.2, 0.25) is 10.0 Å². The second kappa shape index (κ2) is 6.36. The molecule has 1 aliphatic heterocycles. The molecule has 2 rings (SSSR count). The van der Waals surface area contributed by atoms with Crippen molar-refractivity contribution in [3.8, 4) is 0 Å². The van der Waals surface area contributed by atoms with Crippen LogP contribution in [0.4, 0.5) is 5.69 Å². The fourth-order valence-electron chi connectivity index (χ4n) is 2.52. The van der Waals surface area contributed by atoms with Crippen LogP contribution in [0.25, 0.3) is 0 Å². The third-order valence-corrected chi connectivity index (χ3v) is 5.17. The Balaban J connectivity index is 1.93. The van der Waals surface area contributed by atoms with E-state index in [-0.39, 0.29) is 11.2 Å². The summed E-state index contributed by atoms with van der Waals surface area (Å²) in [6.45, 7) is 9.09. The Hall–Kier alpha value is -1.07. The summed E-state index contributed by atoms with van der Waals surface area (Å²) >= 11 is 0. The zero-order chi connectivity index (χ0) is 15.5. The van der Waals surface area contributed by atoms with Gasteiger partial charge in [0.05, 0.1) is 5.75 Å². The molecule has 0 radical (unpaired) electrons. The molecule has 0 amide bonds. The average Bonchev–Trinajstić information content (AvgIpc) is 2.89. The van der Waals surface area contributed by atoms with Crippen LogP contribution in [-0.2, 0) is 15.4 Å². The number of anilines is 1. The summed E-state index contributed by atoms with van der Waals surface area (Å²) in [5.74, 6) is 0.161. The molecule has 0 spiro atoms. The van der Waals surface area contributed by atoms with Gasteiger partial charge < -0.3 is 4.90 Å². The first-order valence-corrected chi connectivity index (χ1v) is 9.25. The first-order chi connectivity index (χ1) is 9.76. The molecule has 1 saturated heterocycles. The van der Waals surface area contributed by atoms with Crippen molar-refractivity contribution in [3.63, 3.8) is 0 Å². The Bertz CT molecular complexity index is 553. The Morgan fingerprint density at radius 3 is 2.19 bits per heavy atom. The molecule has 1 heterocycles. The fourth-order valence-corrected chi connectivity index (χ4v) is 3.62. The Labute approximate surface area is 128 Å². The van der Waals surface area contributed by atoms with E-state index >= 15 is 0 Å². The lowest BCUT2D eigenvalue weighted by Crippen LogP contribution is -2.29. The van der Waals surface area contributed by atoms with E-state index in [0.717, 1.165) is 13.1 Å². The molecule has 1 fully saturated rings. The molecule has 0 aromatic heterocycles. The van der Waals surface area contributed by atoms with Crippen LogP contribution >= 0.6 is 0 Å². The van der Waals surface area contributed by atoms with E-state index < -0.39 is 10.0 Å². The van der Waals surface area contributed by atoms with Gasteiger partial charge in [0.1, 0.15) is 0 Å². The highest BCUT2D eigenvalue weighted by Crippen LogP contribution is 2.23. The van der Waals surface area contributed by atoms with Gasteiger partial charge in [-0.3, -0.25) is 4.72 Å². The number of nitrogens with zero attached hydrogens (tertiary/aromatic N) is 1. The van der Waals surface area contributed by atoms with Crippen LogP contribution in [0.1, 0.15) is 39.2 Å². The van der Waals surface area contributed by atoms with E-state index in [9.17, 15) is 8.42 Å². The topological polar surface area (TPSA) is 49.4 Å². The van der Waals surface area contributed by atoms with Gasteiger partial charge in [-0.05, 0) is 49.0 Å². The fraction of sp³-hybridized carbons (Fsp3) is 0.625. The summed E-state index contributed by atoms with van der Waals surface area (Å²) in [6, 6.07) is 7.65. The molecule has 21 heavy (non-hydrogen) atoms. The zero-order valence-electron chi connectivity index (χ0n) is 13.2. The van der Waals surface area contributed by atoms with Gasteiger partial charge >= 0.3 is 0 Å². The van der Waals surface area contributed by atoms with Gasteiger partial charge in [0.25, 0.3) is 0 Å². The minimum absolute atomic E-state index is 0.0765. The van der Waals surface area contributed by atoms with Crippen LogP contribution in [0.2, 0.25) is 0 Å². The van der Waals surface area contributed by atoms with Crippen LogP contribution in [0, 0.1) is 0 Å². The highest BCUT2D eigenvalue weighted by atomic mass is 32.2. The van der Waals surface area contributed by atoms with E-state index in [1.165, 1.54) is 18.4 Å². The molecule has 1 aromatic carbocycles. The number of nitrogens with one attached hydrogen (secondary N) is 1. The largest absolute Gasteiger partial charge is 0.302 e. The van der Waals surface area contributed by atoms with Crippen LogP contribution in [0.5, 0.6) is 0 Å². The molecular formula is C16H26N2O2S. The number of likely N-dealkylation sites (tertiary alicyclic amines) is 1. The maximum atomic E-state index is 12.1. The lowest BCUT2D eigenvalue weighted by atomic mass is 9.87. The lowest BCUT2D eigenvalue weighted by Gasteiger charge is -2.19. The lowest BCUT2D eigenvalue weighted by molar-refractivity contribution is 0.359. The van der Waals surface area contributed by atoms with Crippen LogP contribution in [0.15, 0.2) is 24.3 Å². The summed E-state index contributed by atoms with van der Waals surface area (Å²) in [5, 5.41) is 0. The highest BCUT2D eigenvalue weighted by molar-refractivity contribution is 7.92. The van der Waals surface area contributed by atoms with Crippen molar-refractivity contribution in [1.82, 2.24) is 4.90 Å². The second-order valence-electron chi connectivity index (χ2n) is 6.80. The van der Waals surface area contributed by atoms with Crippen molar-refractivity contribution in [2.24, 2.45) is 0 Å². The van der Waals surface area contributed by atoms with Crippen molar-refractivity contribution in [1.29, 1.82) is 0 Å². The van der Waals surface area contributed by atoms with Crippen molar-refractivity contribution in [2.75, 3.05) is 30.1 Å². The molecule has 0 aliphatic carbocycles. The van der Waals surface area contributed by atoms with Crippen LogP contribution in [0.3, 0.4) is 0 Å². The third kappa shape index (κ3) is 5.00. The minimum Gasteiger partial charge on any atom is -0.302 e. The number of sulfonamides is 1. The molecule has 5 heteroatoms. The van der Waals surface area contributed by atoms with E-state index in [1.54, 1.807) is 0 Å². The first-order valence-electron chi connectivity index (χ1n) is 7.60. The molecule has 1 aromatic rings.